The van der Waals surface area contributed by atoms with Gasteiger partial charge in [0.2, 0.25) is 5.95 Å². The van der Waals surface area contributed by atoms with Crippen LogP contribution in [0.25, 0.3) is 11.3 Å². The van der Waals surface area contributed by atoms with Crippen molar-refractivity contribution in [2.45, 2.75) is 45.1 Å². The molecule has 5 nitrogen and oxygen atoms in total. The molecule has 0 saturated heterocycles. The lowest BCUT2D eigenvalue weighted by Crippen LogP contribution is -2.23. The summed E-state index contributed by atoms with van der Waals surface area (Å²) in [5, 5.41) is 7.63. The minimum absolute atomic E-state index is 0.429. The Morgan fingerprint density at radius 3 is 2.68 bits per heavy atom. The van der Waals surface area contributed by atoms with E-state index in [0.717, 1.165) is 41.2 Å². The molecule has 144 valence electrons. The van der Waals surface area contributed by atoms with Crippen LogP contribution in [0.1, 0.15) is 37.7 Å². The van der Waals surface area contributed by atoms with E-state index in [2.05, 4.69) is 15.6 Å². The van der Waals surface area contributed by atoms with Gasteiger partial charge in [0.05, 0.1) is 5.69 Å². The van der Waals surface area contributed by atoms with Gasteiger partial charge in [0.1, 0.15) is 5.82 Å². The maximum Gasteiger partial charge on any atom is 0.225 e. The summed E-state index contributed by atoms with van der Waals surface area (Å²) in [6, 6.07) is 12.1. The van der Waals surface area contributed by atoms with E-state index in [0.29, 0.717) is 17.0 Å². The normalized spacial score (nSPS) is 14.6. The third-order valence-corrected chi connectivity index (χ3v) is 5.32. The van der Waals surface area contributed by atoms with Crippen LogP contribution in [0, 0.1) is 6.92 Å². The fraction of sp³-hybridized carbons (Fsp3) is 0.318. The fourth-order valence-corrected chi connectivity index (χ4v) is 3.71. The molecule has 0 aliphatic heterocycles. The van der Waals surface area contributed by atoms with Crippen molar-refractivity contribution in [2.75, 3.05) is 10.6 Å². The van der Waals surface area contributed by atoms with Crippen molar-refractivity contribution in [1.82, 2.24) is 15.0 Å². The highest BCUT2D eigenvalue weighted by Gasteiger charge is 2.16. The highest BCUT2D eigenvalue weighted by Crippen LogP contribution is 2.28. The van der Waals surface area contributed by atoms with E-state index >= 15 is 0 Å². The highest BCUT2D eigenvalue weighted by atomic mass is 35.5. The monoisotopic (exact) mass is 393 g/mol. The molecular weight excluding hydrogens is 370 g/mol. The summed E-state index contributed by atoms with van der Waals surface area (Å²) in [6.45, 7) is 2.04. The number of pyridine rings is 1. The van der Waals surface area contributed by atoms with E-state index in [9.17, 15) is 0 Å². The maximum absolute atomic E-state index is 6.18. The zero-order chi connectivity index (χ0) is 19.3. The van der Waals surface area contributed by atoms with Crippen LogP contribution >= 0.6 is 11.6 Å². The van der Waals surface area contributed by atoms with E-state index in [1.54, 1.807) is 6.20 Å². The number of hydrogen-bond donors (Lipinski definition) is 2. The summed E-state index contributed by atoms with van der Waals surface area (Å²) in [7, 11) is 0. The maximum atomic E-state index is 6.18. The third kappa shape index (κ3) is 4.60. The predicted octanol–water partition coefficient (Wildman–Crippen LogP) is 5.99. The molecule has 3 aromatic rings. The standard InChI is InChI=1S/C22H24ClN5/c1-15-9-10-17(23)12-19(15)26-21-13-20(16-6-5-11-24-14-16)27-22(28-21)25-18-7-3-2-4-8-18/h5-6,9-14,18H,2-4,7-8H2,1H3,(H2,25,26,27,28). The molecular formula is C22H24ClN5. The molecule has 6 heteroatoms. The zero-order valence-corrected chi connectivity index (χ0v) is 16.7. The highest BCUT2D eigenvalue weighted by molar-refractivity contribution is 6.30. The quantitative estimate of drug-likeness (QED) is 0.557. The van der Waals surface area contributed by atoms with Crippen molar-refractivity contribution >= 4 is 29.1 Å². The Kier molecular flexibility index (Phi) is 5.72. The van der Waals surface area contributed by atoms with E-state index in [1.165, 1.54) is 19.3 Å². The third-order valence-electron chi connectivity index (χ3n) is 5.08. The average Bonchev–Trinajstić information content (AvgIpc) is 2.72. The molecule has 0 atom stereocenters. The van der Waals surface area contributed by atoms with Crippen molar-refractivity contribution in [3.05, 3.63) is 59.4 Å². The second kappa shape index (κ2) is 8.57. The molecule has 0 spiro atoms. The summed E-state index contributed by atoms with van der Waals surface area (Å²) in [4.78, 5) is 13.7. The molecule has 1 saturated carbocycles. The van der Waals surface area contributed by atoms with E-state index in [4.69, 9.17) is 21.6 Å². The smallest absolute Gasteiger partial charge is 0.225 e. The fourth-order valence-electron chi connectivity index (χ4n) is 3.53. The first-order valence-corrected chi connectivity index (χ1v) is 10.1. The Hall–Kier alpha value is -2.66. The van der Waals surface area contributed by atoms with Crippen molar-refractivity contribution in [2.24, 2.45) is 0 Å². The van der Waals surface area contributed by atoms with Crippen LogP contribution in [-0.2, 0) is 0 Å². The van der Waals surface area contributed by atoms with Gasteiger partial charge in [0.15, 0.2) is 0 Å². The lowest BCUT2D eigenvalue weighted by atomic mass is 9.96. The van der Waals surface area contributed by atoms with Gasteiger partial charge in [0, 0.05) is 40.8 Å². The summed E-state index contributed by atoms with van der Waals surface area (Å²) >= 11 is 6.18. The minimum atomic E-state index is 0.429. The van der Waals surface area contributed by atoms with Gasteiger partial charge in [-0.1, -0.05) is 36.9 Å². The molecule has 1 aromatic carbocycles. The predicted molar refractivity (Wildman–Crippen MR) is 115 cm³/mol. The molecule has 0 bridgehead atoms. The van der Waals surface area contributed by atoms with Crippen LogP contribution in [0.2, 0.25) is 5.02 Å². The second-order valence-corrected chi connectivity index (χ2v) is 7.70. The summed E-state index contributed by atoms with van der Waals surface area (Å²) in [6.07, 6.45) is 9.74. The first-order chi connectivity index (χ1) is 13.7. The molecule has 0 radical (unpaired) electrons. The molecule has 0 amide bonds. The van der Waals surface area contributed by atoms with Crippen LogP contribution in [0.15, 0.2) is 48.8 Å². The Labute approximate surface area is 170 Å². The number of nitrogens with zero attached hydrogens (tertiary/aromatic N) is 3. The van der Waals surface area contributed by atoms with Crippen molar-refractivity contribution in [1.29, 1.82) is 0 Å². The van der Waals surface area contributed by atoms with Crippen molar-refractivity contribution in [3.63, 3.8) is 0 Å². The van der Waals surface area contributed by atoms with Gasteiger partial charge in [-0.15, -0.1) is 0 Å². The minimum Gasteiger partial charge on any atom is -0.351 e. The van der Waals surface area contributed by atoms with Gasteiger partial charge in [-0.2, -0.15) is 4.98 Å². The molecule has 1 aliphatic carbocycles. The number of benzene rings is 1. The van der Waals surface area contributed by atoms with Crippen molar-refractivity contribution in [3.8, 4) is 11.3 Å². The molecule has 2 N–H and O–H groups in total. The van der Waals surface area contributed by atoms with Crippen molar-refractivity contribution < 1.29 is 0 Å². The second-order valence-electron chi connectivity index (χ2n) is 7.27. The van der Waals surface area contributed by atoms with E-state index in [-0.39, 0.29) is 0 Å². The number of nitrogens with one attached hydrogen (secondary N) is 2. The first kappa shape index (κ1) is 18.7. The molecule has 2 aromatic heterocycles. The summed E-state index contributed by atoms with van der Waals surface area (Å²) in [5.41, 5.74) is 3.84. The van der Waals surface area contributed by atoms with Gasteiger partial charge in [-0.3, -0.25) is 4.98 Å². The number of aryl methyl sites for hydroxylation is 1. The lowest BCUT2D eigenvalue weighted by molar-refractivity contribution is 0.461. The van der Waals surface area contributed by atoms with Crippen LogP contribution in [0.5, 0.6) is 0 Å². The summed E-state index contributed by atoms with van der Waals surface area (Å²) in [5.74, 6) is 1.38. The van der Waals surface area contributed by atoms with Crippen LogP contribution in [-0.4, -0.2) is 21.0 Å². The van der Waals surface area contributed by atoms with Crippen LogP contribution < -0.4 is 10.6 Å². The molecule has 0 unspecified atom stereocenters. The summed E-state index contributed by atoms with van der Waals surface area (Å²) < 4.78 is 0. The number of halogens is 1. The molecule has 28 heavy (non-hydrogen) atoms. The largest absolute Gasteiger partial charge is 0.351 e. The Balaban J connectivity index is 1.67. The molecule has 2 heterocycles. The van der Waals surface area contributed by atoms with Crippen LogP contribution in [0.4, 0.5) is 17.5 Å². The molecule has 1 aliphatic rings. The Bertz CT molecular complexity index is 939. The van der Waals surface area contributed by atoms with Gasteiger partial charge in [-0.05, 0) is 49.6 Å². The van der Waals surface area contributed by atoms with E-state index < -0.39 is 0 Å². The topological polar surface area (TPSA) is 62.7 Å². The Morgan fingerprint density at radius 1 is 1.04 bits per heavy atom. The van der Waals surface area contributed by atoms with Gasteiger partial charge >= 0.3 is 0 Å². The van der Waals surface area contributed by atoms with Gasteiger partial charge in [-0.25, -0.2) is 4.98 Å². The number of hydrogen-bond acceptors (Lipinski definition) is 5. The first-order valence-electron chi connectivity index (χ1n) is 9.76. The zero-order valence-electron chi connectivity index (χ0n) is 16.0. The van der Waals surface area contributed by atoms with Gasteiger partial charge < -0.3 is 10.6 Å². The van der Waals surface area contributed by atoms with Gasteiger partial charge in [0.25, 0.3) is 0 Å². The van der Waals surface area contributed by atoms with E-state index in [1.807, 2.05) is 49.5 Å². The molecule has 4 rings (SSSR count). The number of rotatable bonds is 5. The molecule has 1 fully saturated rings. The number of anilines is 3. The van der Waals surface area contributed by atoms with Crippen LogP contribution in [0.3, 0.4) is 0 Å². The Morgan fingerprint density at radius 2 is 1.89 bits per heavy atom. The average molecular weight is 394 g/mol. The lowest BCUT2D eigenvalue weighted by Gasteiger charge is -2.23. The number of aromatic nitrogens is 3. The SMILES string of the molecule is Cc1ccc(Cl)cc1Nc1cc(-c2cccnc2)nc(NC2CCCCC2)n1.